The molecule has 0 aromatic carbocycles. The van der Waals surface area contributed by atoms with Crippen molar-refractivity contribution in [2.45, 2.75) is 52.8 Å². The number of rotatable bonds is 5. The van der Waals surface area contributed by atoms with E-state index in [-0.39, 0.29) is 11.9 Å². The van der Waals surface area contributed by atoms with Crippen molar-refractivity contribution < 1.29 is 14.3 Å². The number of nitrogens with one attached hydrogen (secondary N) is 2. The lowest BCUT2D eigenvalue weighted by Gasteiger charge is -2.22. The van der Waals surface area contributed by atoms with Gasteiger partial charge in [-0.05, 0) is 27.7 Å². The van der Waals surface area contributed by atoms with E-state index in [0.29, 0.717) is 13.1 Å². The summed E-state index contributed by atoms with van der Waals surface area (Å²) in [6.45, 7) is 9.88. The number of aromatic nitrogens is 2. The van der Waals surface area contributed by atoms with Gasteiger partial charge in [0.1, 0.15) is 5.60 Å². The number of ether oxygens (including phenoxy) is 1. The second kappa shape index (κ2) is 7.10. The second-order valence-electron chi connectivity index (χ2n) is 5.86. The molecule has 2 N–H and O–H groups in total. The molecule has 118 valence electrons. The van der Waals surface area contributed by atoms with Crippen LogP contribution in [0.3, 0.4) is 0 Å². The summed E-state index contributed by atoms with van der Waals surface area (Å²) in [6.07, 6.45) is 2.89. The lowest BCUT2D eigenvalue weighted by molar-refractivity contribution is -0.118. The minimum absolute atomic E-state index is 0.0726. The molecule has 7 heteroatoms. The molecule has 0 unspecified atom stereocenters. The Morgan fingerprint density at radius 3 is 2.67 bits per heavy atom. The molecule has 0 saturated heterocycles. The van der Waals surface area contributed by atoms with Gasteiger partial charge in [0.25, 0.3) is 0 Å². The van der Waals surface area contributed by atoms with E-state index in [4.69, 9.17) is 4.74 Å². The number of imidazole rings is 1. The Balaban J connectivity index is 2.58. The van der Waals surface area contributed by atoms with E-state index in [2.05, 4.69) is 15.6 Å². The fraction of sp³-hybridized carbons (Fsp3) is 0.643. The first-order chi connectivity index (χ1) is 9.69. The third-order valence-electron chi connectivity index (χ3n) is 2.65. The van der Waals surface area contributed by atoms with Gasteiger partial charge in [-0.2, -0.15) is 0 Å². The highest BCUT2D eigenvalue weighted by molar-refractivity contribution is 5.72. The highest BCUT2D eigenvalue weighted by Crippen LogP contribution is 2.13. The first-order valence-electron chi connectivity index (χ1n) is 6.93. The van der Waals surface area contributed by atoms with Crippen molar-refractivity contribution in [2.24, 2.45) is 0 Å². The van der Waals surface area contributed by atoms with Crippen molar-refractivity contribution in [3.05, 3.63) is 18.2 Å². The van der Waals surface area contributed by atoms with Crippen LogP contribution >= 0.6 is 0 Å². The Morgan fingerprint density at radius 1 is 1.43 bits per heavy atom. The largest absolute Gasteiger partial charge is 0.444 e. The number of hydrogen-bond donors (Lipinski definition) is 2. The van der Waals surface area contributed by atoms with Gasteiger partial charge in [-0.25, -0.2) is 9.78 Å². The van der Waals surface area contributed by atoms with Crippen LogP contribution in [0.1, 0.15) is 46.4 Å². The average molecular weight is 296 g/mol. The quantitative estimate of drug-likeness (QED) is 0.864. The van der Waals surface area contributed by atoms with Gasteiger partial charge in [0.05, 0.1) is 24.3 Å². The maximum absolute atomic E-state index is 11.8. The third-order valence-corrected chi connectivity index (χ3v) is 2.65. The molecule has 1 atom stereocenters. The van der Waals surface area contributed by atoms with Crippen molar-refractivity contribution in [1.82, 2.24) is 20.2 Å². The first-order valence-corrected chi connectivity index (χ1v) is 6.93. The van der Waals surface area contributed by atoms with Gasteiger partial charge in [0.15, 0.2) is 0 Å². The highest BCUT2D eigenvalue weighted by Gasteiger charge is 2.19. The van der Waals surface area contributed by atoms with E-state index >= 15 is 0 Å². The van der Waals surface area contributed by atoms with E-state index in [9.17, 15) is 9.59 Å². The van der Waals surface area contributed by atoms with Crippen molar-refractivity contribution in [1.29, 1.82) is 0 Å². The van der Waals surface area contributed by atoms with Gasteiger partial charge in [0.2, 0.25) is 5.91 Å². The van der Waals surface area contributed by atoms with Crippen LogP contribution < -0.4 is 10.6 Å². The number of carbonyl (C=O) groups excluding carboxylic acids is 2. The molecule has 1 aromatic rings. The Hall–Kier alpha value is -2.05. The SMILES string of the molecule is CC(=O)NCCn1cncc1[C@@H](C)NC(=O)OC(C)(C)C. The van der Waals surface area contributed by atoms with Gasteiger partial charge in [-0.1, -0.05) is 0 Å². The summed E-state index contributed by atoms with van der Waals surface area (Å²) in [5.74, 6) is -0.0726. The van der Waals surface area contributed by atoms with Crippen molar-refractivity contribution in [3.63, 3.8) is 0 Å². The summed E-state index contributed by atoms with van der Waals surface area (Å²) >= 11 is 0. The average Bonchev–Trinajstić information content (AvgIpc) is 2.73. The second-order valence-corrected chi connectivity index (χ2v) is 5.86. The lowest BCUT2D eigenvalue weighted by Crippen LogP contribution is -2.35. The third kappa shape index (κ3) is 6.29. The molecule has 1 rings (SSSR count). The van der Waals surface area contributed by atoms with Crippen molar-refractivity contribution in [2.75, 3.05) is 6.54 Å². The molecule has 0 aliphatic heterocycles. The molecule has 1 aromatic heterocycles. The summed E-state index contributed by atoms with van der Waals surface area (Å²) < 4.78 is 7.11. The highest BCUT2D eigenvalue weighted by atomic mass is 16.6. The summed E-state index contributed by atoms with van der Waals surface area (Å²) in [7, 11) is 0. The minimum atomic E-state index is -0.532. The van der Waals surface area contributed by atoms with Gasteiger partial charge in [-0.15, -0.1) is 0 Å². The standard InChI is InChI=1S/C14H24N4O3/c1-10(17-13(20)21-14(3,4)5)12-8-15-9-18(12)7-6-16-11(2)19/h8-10H,6-7H2,1-5H3,(H,16,19)(H,17,20)/t10-/m1/s1. The molecule has 21 heavy (non-hydrogen) atoms. The molecule has 0 spiro atoms. The summed E-state index contributed by atoms with van der Waals surface area (Å²) in [5, 5.41) is 5.49. The molecule has 0 saturated carbocycles. The minimum Gasteiger partial charge on any atom is -0.444 e. The van der Waals surface area contributed by atoms with Gasteiger partial charge in [-0.3, -0.25) is 4.79 Å². The van der Waals surface area contributed by atoms with Crippen LogP contribution in [0.5, 0.6) is 0 Å². The smallest absolute Gasteiger partial charge is 0.408 e. The van der Waals surface area contributed by atoms with E-state index in [1.165, 1.54) is 6.92 Å². The first kappa shape index (κ1) is 17.0. The lowest BCUT2D eigenvalue weighted by atomic mass is 10.2. The zero-order chi connectivity index (χ0) is 16.0. The molecule has 0 fully saturated rings. The Kier molecular flexibility index (Phi) is 5.75. The Bertz CT molecular complexity index is 491. The molecule has 0 radical (unpaired) electrons. The van der Waals surface area contributed by atoms with Crippen LogP contribution in [0.2, 0.25) is 0 Å². The molecule has 7 nitrogen and oxygen atoms in total. The fourth-order valence-electron chi connectivity index (χ4n) is 1.79. The fourth-order valence-corrected chi connectivity index (χ4v) is 1.79. The van der Waals surface area contributed by atoms with Crippen LogP contribution in [-0.4, -0.2) is 33.7 Å². The number of amides is 2. The molecule has 0 bridgehead atoms. The van der Waals surface area contributed by atoms with Gasteiger partial charge < -0.3 is 19.9 Å². The van der Waals surface area contributed by atoms with Crippen molar-refractivity contribution >= 4 is 12.0 Å². The van der Waals surface area contributed by atoms with E-state index in [0.717, 1.165) is 5.69 Å². The normalized spacial score (nSPS) is 12.6. The predicted octanol–water partition coefficient (Wildman–Crippen LogP) is 1.60. The molecular formula is C14H24N4O3. The molecular weight excluding hydrogens is 272 g/mol. The Labute approximate surface area is 125 Å². The number of carbonyl (C=O) groups is 2. The van der Waals surface area contributed by atoms with Crippen LogP contribution in [0.25, 0.3) is 0 Å². The molecule has 1 heterocycles. The topological polar surface area (TPSA) is 85.3 Å². The van der Waals surface area contributed by atoms with Crippen LogP contribution in [0, 0.1) is 0 Å². The molecule has 0 aliphatic rings. The van der Waals surface area contributed by atoms with Crippen LogP contribution in [0.15, 0.2) is 12.5 Å². The zero-order valence-corrected chi connectivity index (χ0v) is 13.3. The number of hydrogen-bond acceptors (Lipinski definition) is 4. The van der Waals surface area contributed by atoms with Crippen molar-refractivity contribution in [3.8, 4) is 0 Å². The number of nitrogens with zero attached hydrogens (tertiary/aromatic N) is 2. The monoisotopic (exact) mass is 296 g/mol. The maximum atomic E-state index is 11.8. The summed E-state index contributed by atoms with van der Waals surface area (Å²) in [6, 6.07) is -0.236. The number of alkyl carbamates (subject to hydrolysis) is 1. The van der Waals surface area contributed by atoms with E-state index in [1.807, 2.05) is 32.3 Å². The van der Waals surface area contributed by atoms with E-state index < -0.39 is 11.7 Å². The van der Waals surface area contributed by atoms with Crippen LogP contribution in [-0.2, 0) is 16.1 Å². The van der Waals surface area contributed by atoms with Gasteiger partial charge >= 0.3 is 6.09 Å². The maximum Gasteiger partial charge on any atom is 0.408 e. The summed E-state index contributed by atoms with van der Waals surface area (Å²) in [4.78, 5) is 26.7. The van der Waals surface area contributed by atoms with E-state index in [1.54, 1.807) is 12.5 Å². The molecule has 2 amide bonds. The van der Waals surface area contributed by atoms with Crippen LogP contribution in [0.4, 0.5) is 4.79 Å². The Morgan fingerprint density at radius 2 is 2.10 bits per heavy atom. The zero-order valence-electron chi connectivity index (χ0n) is 13.3. The van der Waals surface area contributed by atoms with Gasteiger partial charge in [0, 0.05) is 20.0 Å². The summed E-state index contributed by atoms with van der Waals surface area (Å²) in [5.41, 5.74) is 0.321. The molecule has 0 aliphatic carbocycles. The predicted molar refractivity (Wildman–Crippen MR) is 78.7 cm³/mol.